The highest BCUT2D eigenvalue weighted by Gasteiger charge is 2.19. The highest BCUT2D eigenvalue weighted by molar-refractivity contribution is 5.73. The second-order valence-corrected chi connectivity index (χ2v) is 10.2. The lowest BCUT2D eigenvalue weighted by Crippen LogP contribution is -2.30. The normalized spacial score (nSPS) is 14.3. The molecule has 1 saturated carbocycles. The second-order valence-electron chi connectivity index (χ2n) is 10.2. The Hall–Kier alpha value is -2.83. The molecule has 2 aromatic rings. The number of aryl methyl sites for hydroxylation is 1. The zero-order valence-corrected chi connectivity index (χ0v) is 20.4. The largest absolute Gasteiger partial charge is 0.367 e. The third kappa shape index (κ3) is 7.11. The molecule has 7 heteroatoms. The van der Waals surface area contributed by atoms with Gasteiger partial charge in [0.1, 0.15) is 11.6 Å². The van der Waals surface area contributed by atoms with Crippen LogP contribution in [-0.2, 0) is 11.3 Å². The molecule has 0 atom stereocenters. The first kappa shape index (κ1) is 23.8. The van der Waals surface area contributed by atoms with Crippen molar-refractivity contribution in [1.29, 1.82) is 0 Å². The van der Waals surface area contributed by atoms with Crippen molar-refractivity contribution in [1.82, 2.24) is 15.3 Å². The number of amides is 1. The monoisotopic (exact) mass is 438 g/mol. The standard InChI is InChI=1S/C25H38N6O/c1-17-11-12-19(15-26-18(2)32)13-21(17)28-24-29-22(27-20-9-7-8-10-20)14-23(30-24)31(6)16-25(3,4)5/h11-14,20H,7-10,15-16H2,1-6H3,(H,26,32)(H2,27,28,29,30). The second kappa shape index (κ2) is 10.2. The summed E-state index contributed by atoms with van der Waals surface area (Å²) in [6, 6.07) is 8.64. The minimum Gasteiger partial charge on any atom is -0.367 e. The minimum atomic E-state index is -0.0411. The van der Waals surface area contributed by atoms with Crippen LogP contribution in [-0.4, -0.2) is 35.5 Å². The fourth-order valence-corrected chi connectivity index (χ4v) is 4.09. The van der Waals surface area contributed by atoms with E-state index in [1.54, 1.807) is 0 Å². The highest BCUT2D eigenvalue weighted by Crippen LogP contribution is 2.27. The molecule has 1 heterocycles. The van der Waals surface area contributed by atoms with E-state index in [9.17, 15) is 4.79 Å². The van der Waals surface area contributed by atoms with Crippen molar-refractivity contribution in [3.05, 3.63) is 35.4 Å². The van der Waals surface area contributed by atoms with E-state index in [1.807, 2.05) is 18.2 Å². The van der Waals surface area contributed by atoms with Crippen LogP contribution in [0.5, 0.6) is 0 Å². The van der Waals surface area contributed by atoms with Crippen LogP contribution in [0.25, 0.3) is 0 Å². The van der Waals surface area contributed by atoms with Crippen molar-refractivity contribution in [2.24, 2.45) is 5.41 Å². The molecule has 0 aliphatic heterocycles. The highest BCUT2D eigenvalue weighted by atomic mass is 16.1. The lowest BCUT2D eigenvalue weighted by Gasteiger charge is -2.28. The van der Waals surface area contributed by atoms with E-state index >= 15 is 0 Å². The summed E-state index contributed by atoms with van der Waals surface area (Å²) in [7, 11) is 2.08. The van der Waals surface area contributed by atoms with Gasteiger partial charge in [-0.3, -0.25) is 4.79 Å². The number of rotatable bonds is 8. The maximum absolute atomic E-state index is 11.3. The van der Waals surface area contributed by atoms with Gasteiger partial charge in [-0.25, -0.2) is 0 Å². The summed E-state index contributed by atoms with van der Waals surface area (Å²) < 4.78 is 0. The van der Waals surface area contributed by atoms with Crippen LogP contribution in [0.1, 0.15) is 64.5 Å². The molecule has 1 amide bonds. The predicted molar refractivity (Wildman–Crippen MR) is 133 cm³/mol. The van der Waals surface area contributed by atoms with E-state index in [0.29, 0.717) is 18.5 Å². The number of aromatic nitrogens is 2. The molecule has 1 fully saturated rings. The Bertz CT molecular complexity index is 931. The molecule has 0 unspecified atom stereocenters. The van der Waals surface area contributed by atoms with Crippen molar-refractivity contribution in [2.45, 2.75) is 72.9 Å². The van der Waals surface area contributed by atoms with Gasteiger partial charge >= 0.3 is 0 Å². The van der Waals surface area contributed by atoms with Gasteiger partial charge in [0.05, 0.1) is 0 Å². The van der Waals surface area contributed by atoms with Crippen LogP contribution in [0.15, 0.2) is 24.3 Å². The fourth-order valence-electron chi connectivity index (χ4n) is 4.09. The van der Waals surface area contributed by atoms with Crippen molar-refractivity contribution in [3.8, 4) is 0 Å². The van der Waals surface area contributed by atoms with E-state index in [0.717, 1.165) is 35.0 Å². The molecule has 0 spiro atoms. The van der Waals surface area contributed by atoms with E-state index in [1.165, 1.54) is 32.6 Å². The Morgan fingerprint density at radius 2 is 1.88 bits per heavy atom. The fraction of sp³-hybridized carbons (Fsp3) is 0.560. The first-order chi connectivity index (χ1) is 15.1. The van der Waals surface area contributed by atoms with Crippen molar-refractivity contribution in [2.75, 3.05) is 29.1 Å². The Labute approximate surface area is 192 Å². The average Bonchev–Trinajstić information content (AvgIpc) is 3.20. The number of hydrogen-bond acceptors (Lipinski definition) is 6. The lowest BCUT2D eigenvalue weighted by atomic mass is 9.96. The molecule has 3 N–H and O–H groups in total. The van der Waals surface area contributed by atoms with Crippen LogP contribution in [0.4, 0.5) is 23.3 Å². The first-order valence-electron chi connectivity index (χ1n) is 11.6. The predicted octanol–water partition coefficient (Wildman–Crippen LogP) is 5.00. The smallest absolute Gasteiger partial charge is 0.231 e. The van der Waals surface area contributed by atoms with Crippen LogP contribution >= 0.6 is 0 Å². The summed E-state index contributed by atoms with van der Waals surface area (Å²) in [5, 5.41) is 9.89. The summed E-state index contributed by atoms with van der Waals surface area (Å²) in [6.45, 7) is 11.6. The quantitative estimate of drug-likeness (QED) is 0.538. The summed E-state index contributed by atoms with van der Waals surface area (Å²) in [4.78, 5) is 23.1. The molecule has 0 radical (unpaired) electrons. The van der Waals surface area contributed by atoms with Crippen LogP contribution < -0.4 is 20.9 Å². The zero-order valence-electron chi connectivity index (χ0n) is 20.4. The third-order valence-corrected chi connectivity index (χ3v) is 5.61. The molecular formula is C25H38N6O. The Kier molecular flexibility index (Phi) is 7.59. The number of nitrogens with one attached hydrogen (secondary N) is 3. The molecule has 1 aliphatic carbocycles. The summed E-state index contributed by atoms with van der Waals surface area (Å²) in [5.74, 6) is 2.28. The van der Waals surface area contributed by atoms with Gasteiger partial charge in [-0.2, -0.15) is 9.97 Å². The number of anilines is 4. The Balaban J connectivity index is 1.87. The van der Waals surface area contributed by atoms with Gasteiger partial charge in [-0.05, 0) is 42.4 Å². The number of carbonyl (C=O) groups is 1. The van der Waals surface area contributed by atoms with E-state index < -0.39 is 0 Å². The SMILES string of the molecule is CC(=O)NCc1ccc(C)c(Nc2nc(NC3CCCC3)cc(N(C)CC(C)(C)C)n2)c1. The lowest BCUT2D eigenvalue weighted by molar-refractivity contribution is -0.119. The van der Waals surface area contributed by atoms with E-state index in [-0.39, 0.29) is 11.3 Å². The maximum atomic E-state index is 11.3. The molecule has 1 aromatic carbocycles. The third-order valence-electron chi connectivity index (χ3n) is 5.61. The molecule has 7 nitrogen and oxygen atoms in total. The molecular weight excluding hydrogens is 400 g/mol. The van der Waals surface area contributed by atoms with Gasteiger partial charge in [0.15, 0.2) is 0 Å². The molecule has 0 saturated heterocycles. The number of hydrogen-bond donors (Lipinski definition) is 3. The van der Waals surface area contributed by atoms with Gasteiger partial charge in [0.2, 0.25) is 11.9 Å². The summed E-state index contributed by atoms with van der Waals surface area (Å²) in [5.41, 5.74) is 3.22. The summed E-state index contributed by atoms with van der Waals surface area (Å²) in [6.07, 6.45) is 4.91. The first-order valence-corrected chi connectivity index (χ1v) is 11.6. The maximum Gasteiger partial charge on any atom is 0.231 e. The van der Waals surface area contributed by atoms with E-state index in [4.69, 9.17) is 9.97 Å². The topological polar surface area (TPSA) is 82.2 Å². The molecule has 0 bridgehead atoms. The van der Waals surface area contributed by atoms with Gasteiger partial charge in [0.25, 0.3) is 0 Å². The molecule has 174 valence electrons. The number of carbonyl (C=O) groups excluding carboxylic acids is 1. The molecule has 32 heavy (non-hydrogen) atoms. The van der Waals surface area contributed by atoms with Gasteiger partial charge in [-0.15, -0.1) is 0 Å². The minimum absolute atomic E-state index is 0.0411. The van der Waals surface area contributed by atoms with Gasteiger partial charge in [-0.1, -0.05) is 45.7 Å². The Morgan fingerprint density at radius 1 is 1.16 bits per heavy atom. The molecule has 1 aliphatic rings. The molecule has 1 aromatic heterocycles. The van der Waals surface area contributed by atoms with Crippen molar-refractivity contribution >= 4 is 29.2 Å². The van der Waals surface area contributed by atoms with Crippen LogP contribution in [0.2, 0.25) is 0 Å². The van der Waals surface area contributed by atoms with Gasteiger partial charge in [0, 0.05) is 44.9 Å². The number of benzene rings is 1. The molecule has 3 rings (SSSR count). The Morgan fingerprint density at radius 3 is 2.53 bits per heavy atom. The summed E-state index contributed by atoms with van der Waals surface area (Å²) >= 11 is 0. The van der Waals surface area contributed by atoms with Crippen LogP contribution in [0, 0.1) is 12.3 Å². The average molecular weight is 439 g/mol. The van der Waals surface area contributed by atoms with Crippen LogP contribution in [0.3, 0.4) is 0 Å². The number of nitrogens with zero attached hydrogens (tertiary/aromatic N) is 3. The van der Waals surface area contributed by atoms with Gasteiger partial charge < -0.3 is 20.9 Å². The van der Waals surface area contributed by atoms with Crippen molar-refractivity contribution < 1.29 is 4.79 Å². The zero-order chi connectivity index (χ0) is 23.3. The van der Waals surface area contributed by atoms with E-state index in [2.05, 4.69) is 61.7 Å². The van der Waals surface area contributed by atoms with Crippen molar-refractivity contribution in [3.63, 3.8) is 0 Å².